The van der Waals surface area contributed by atoms with Gasteiger partial charge in [0.2, 0.25) is 0 Å². The molecule has 0 radical (unpaired) electrons. The number of ether oxygens (including phenoxy) is 1. The molecule has 4 nitrogen and oxygen atoms in total. The molecule has 1 aliphatic rings. The van der Waals surface area contributed by atoms with E-state index in [1.807, 2.05) is 18.2 Å². The summed E-state index contributed by atoms with van der Waals surface area (Å²) in [6, 6.07) is 6.06. The molecule has 0 N–H and O–H groups in total. The van der Waals surface area contributed by atoms with E-state index >= 15 is 0 Å². The van der Waals surface area contributed by atoms with Crippen molar-refractivity contribution in [3.63, 3.8) is 0 Å². The Balaban J connectivity index is 2.12. The maximum Gasteiger partial charge on any atom is 0.313 e. The van der Waals surface area contributed by atoms with Crippen LogP contribution in [0.4, 0.5) is 0 Å². The van der Waals surface area contributed by atoms with E-state index in [1.165, 1.54) is 7.11 Å². The average molecular weight is 265 g/mol. The van der Waals surface area contributed by atoms with Gasteiger partial charge in [-0.2, -0.15) is 0 Å². The van der Waals surface area contributed by atoms with Crippen LogP contribution in [-0.4, -0.2) is 22.6 Å². The van der Waals surface area contributed by atoms with E-state index < -0.39 is 0 Å². The van der Waals surface area contributed by atoms with Gasteiger partial charge in [-0.05, 0) is 31.0 Å². The fraction of sp³-hybridized carbons (Fsp3) is 0.385. The first-order valence-electron chi connectivity index (χ1n) is 5.92. The van der Waals surface area contributed by atoms with Crippen molar-refractivity contribution in [2.24, 2.45) is 0 Å². The number of rotatable bonds is 3. The van der Waals surface area contributed by atoms with Gasteiger partial charge in [0.15, 0.2) is 0 Å². The van der Waals surface area contributed by atoms with Gasteiger partial charge < -0.3 is 9.30 Å². The SMILES string of the molecule is COC(=O)Cc1nc2ccc(Cl)cc2n1C1CC1. The average Bonchev–Trinajstić information content (AvgIpc) is 3.12. The topological polar surface area (TPSA) is 44.1 Å². The summed E-state index contributed by atoms with van der Waals surface area (Å²) in [7, 11) is 1.39. The number of benzene rings is 1. The third kappa shape index (κ3) is 1.97. The molecule has 0 unspecified atom stereocenters. The van der Waals surface area contributed by atoms with Crippen LogP contribution in [0.2, 0.25) is 5.02 Å². The lowest BCUT2D eigenvalue weighted by atomic mass is 10.3. The van der Waals surface area contributed by atoms with E-state index in [1.54, 1.807) is 0 Å². The van der Waals surface area contributed by atoms with Gasteiger partial charge in [-0.25, -0.2) is 4.98 Å². The van der Waals surface area contributed by atoms with Crippen molar-refractivity contribution in [1.29, 1.82) is 0 Å². The minimum atomic E-state index is -0.265. The molecule has 0 saturated heterocycles. The molecule has 0 amide bonds. The fourth-order valence-corrected chi connectivity index (χ4v) is 2.35. The highest BCUT2D eigenvalue weighted by molar-refractivity contribution is 6.31. The number of halogens is 1. The van der Waals surface area contributed by atoms with Gasteiger partial charge in [0.1, 0.15) is 12.2 Å². The van der Waals surface area contributed by atoms with Gasteiger partial charge >= 0.3 is 5.97 Å². The number of hydrogen-bond acceptors (Lipinski definition) is 3. The Morgan fingerprint density at radius 2 is 2.33 bits per heavy atom. The van der Waals surface area contributed by atoms with Crippen molar-refractivity contribution in [3.05, 3.63) is 29.0 Å². The third-order valence-electron chi connectivity index (χ3n) is 3.17. The highest BCUT2D eigenvalue weighted by Gasteiger charge is 2.29. The number of methoxy groups -OCH3 is 1. The lowest BCUT2D eigenvalue weighted by Gasteiger charge is -2.06. The molecule has 1 aliphatic carbocycles. The summed E-state index contributed by atoms with van der Waals surface area (Å²) in [5, 5.41) is 0.689. The molecule has 2 aromatic rings. The Kier molecular flexibility index (Phi) is 2.74. The van der Waals surface area contributed by atoms with Gasteiger partial charge in [-0.15, -0.1) is 0 Å². The van der Waals surface area contributed by atoms with Crippen molar-refractivity contribution < 1.29 is 9.53 Å². The van der Waals surface area contributed by atoms with E-state index in [-0.39, 0.29) is 12.4 Å². The normalized spacial score (nSPS) is 15.0. The molecule has 0 aliphatic heterocycles. The second kappa shape index (κ2) is 4.28. The molecule has 3 rings (SSSR count). The lowest BCUT2D eigenvalue weighted by Crippen LogP contribution is -2.10. The minimum Gasteiger partial charge on any atom is -0.469 e. The van der Waals surface area contributed by atoms with E-state index in [2.05, 4.69) is 9.55 Å². The number of nitrogens with zero attached hydrogens (tertiary/aromatic N) is 2. The molecule has 0 spiro atoms. The van der Waals surface area contributed by atoms with Gasteiger partial charge in [0.05, 0.1) is 18.1 Å². The van der Waals surface area contributed by atoms with Crippen molar-refractivity contribution in [1.82, 2.24) is 9.55 Å². The molecule has 5 heteroatoms. The number of fused-ring (bicyclic) bond motifs is 1. The summed E-state index contributed by atoms with van der Waals surface area (Å²) in [5.74, 6) is 0.500. The molecule has 1 aromatic heterocycles. The summed E-state index contributed by atoms with van der Waals surface area (Å²) in [5.41, 5.74) is 1.88. The van der Waals surface area contributed by atoms with E-state index in [0.717, 1.165) is 29.7 Å². The van der Waals surface area contributed by atoms with Crippen LogP contribution >= 0.6 is 11.6 Å². The van der Waals surface area contributed by atoms with Crippen LogP contribution in [0.5, 0.6) is 0 Å². The highest BCUT2D eigenvalue weighted by Crippen LogP contribution is 2.39. The number of aromatic nitrogens is 2. The molecule has 0 atom stereocenters. The summed E-state index contributed by atoms with van der Waals surface area (Å²) < 4.78 is 6.83. The molecule has 94 valence electrons. The minimum absolute atomic E-state index is 0.208. The van der Waals surface area contributed by atoms with Crippen LogP contribution in [0.1, 0.15) is 24.7 Å². The predicted molar refractivity (Wildman–Crippen MR) is 68.7 cm³/mol. The van der Waals surface area contributed by atoms with Crippen LogP contribution in [-0.2, 0) is 16.0 Å². The molecular weight excluding hydrogens is 252 g/mol. The second-order valence-corrected chi connectivity index (χ2v) is 4.95. The summed E-state index contributed by atoms with van der Waals surface area (Å²) in [6.45, 7) is 0. The van der Waals surface area contributed by atoms with Crippen LogP contribution in [0.25, 0.3) is 11.0 Å². The maximum atomic E-state index is 11.4. The molecule has 1 saturated carbocycles. The lowest BCUT2D eigenvalue weighted by molar-refractivity contribution is -0.139. The molecule has 1 aromatic carbocycles. The first kappa shape index (κ1) is 11.5. The first-order chi connectivity index (χ1) is 8.69. The molecular formula is C13H13ClN2O2. The third-order valence-corrected chi connectivity index (χ3v) is 3.40. The van der Waals surface area contributed by atoms with E-state index in [0.29, 0.717) is 11.1 Å². The second-order valence-electron chi connectivity index (χ2n) is 4.52. The highest BCUT2D eigenvalue weighted by atomic mass is 35.5. The van der Waals surface area contributed by atoms with Crippen LogP contribution < -0.4 is 0 Å². The molecule has 1 heterocycles. The first-order valence-corrected chi connectivity index (χ1v) is 6.30. The van der Waals surface area contributed by atoms with Crippen molar-refractivity contribution in [2.45, 2.75) is 25.3 Å². The molecule has 1 fully saturated rings. The molecule has 18 heavy (non-hydrogen) atoms. The van der Waals surface area contributed by atoms with Crippen LogP contribution in [0.15, 0.2) is 18.2 Å². The number of carbonyl (C=O) groups excluding carboxylic acids is 1. The zero-order valence-corrected chi connectivity index (χ0v) is 10.8. The van der Waals surface area contributed by atoms with Gasteiger partial charge in [-0.1, -0.05) is 11.6 Å². The van der Waals surface area contributed by atoms with Crippen LogP contribution in [0.3, 0.4) is 0 Å². The van der Waals surface area contributed by atoms with Crippen molar-refractivity contribution in [3.8, 4) is 0 Å². The smallest absolute Gasteiger partial charge is 0.313 e. The largest absolute Gasteiger partial charge is 0.469 e. The van der Waals surface area contributed by atoms with Crippen molar-refractivity contribution in [2.75, 3.05) is 7.11 Å². The summed E-state index contributed by atoms with van der Waals surface area (Å²) >= 11 is 6.03. The fourth-order valence-electron chi connectivity index (χ4n) is 2.18. The zero-order valence-electron chi connectivity index (χ0n) is 10.0. The van der Waals surface area contributed by atoms with Gasteiger partial charge in [0, 0.05) is 11.1 Å². The Labute approximate surface area is 110 Å². The maximum absolute atomic E-state index is 11.4. The number of carbonyl (C=O) groups is 1. The molecule has 0 bridgehead atoms. The Bertz CT molecular complexity index is 617. The number of hydrogen-bond donors (Lipinski definition) is 0. The standard InChI is InChI=1S/C13H13ClN2O2/c1-18-13(17)7-12-15-10-5-2-8(14)6-11(10)16(12)9-3-4-9/h2,5-6,9H,3-4,7H2,1H3. The Morgan fingerprint density at radius 3 is 3.00 bits per heavy atom. The van der Waals surface area contributed by atoms with E-state index in [9.17, 15) is 4.79 Å². The van der Waals surface area contributed by atoms with Crippen LogP contribution in [0, 0.1) is 0 Å². The van der Waals surface area contributed by atoms with Gasteiger partial charge in [-0.3, -0.25) is 4.79 Å². The van der Waals surface area contributed by atoms with Gasteiger partial charge in [0.25, 0.3) is 0 Å². The monoisotopic (exact) mass is 264 g/mol. The summed E-state index contributed by atoms with van der Waals surface area (Å²) in [4.78, 5) is 15.9. The van der Waals surface area contributed by atoms with E-state index in [4.69, 9.17) is 16.3 Å². The van der Waals surface area contributed by atoms with Crippen molar-refractivity contribution >= 4 is 28.6 Å². The number of imidazole rings is 1. The quantitative estimate of drug-likeness (QED) is 0.801. The number of esters is 1. The predicted octanol–water partition coefficient (Wildman–Crippen LogP) is 2.74. The Hall–Kier alpha value is -1.55. The Morgan fingerprint density at radius 1 is 1.56 bits per heavy atom. The zero-order chi connectivity index (χ0) is 12.7. The summed E-state index contributed by atoms with van der Waals surface area (Å²) in [6.07, 6.45) is 2.47.